The van der Waals surface area contributed by atoms with Gasteiger partial charge in [0.2, 0.25) is 0 Å². The Labute approximate surface area is 144 Å². The number of H-pyrrole nitrogens is 1. The number of halogens is 2. The number of nitrogens with one attached hydrogen (secondary N) is 2. The zero-order valence-electron chi connectivity index (χ0n) is 13.4. The summed E-state index contributed by atoms with van der Waals surface area (Å²) >= 11 is 5.75. The van der Waals surface area contributed by atoms with E-state index < -0.39 is 5.82 Å². The normalized spacial score (nSPS) is 17.8. The number of nitrogens with zero attached hydrogens (tertiary/aromatic N) is 3. The van der Waals surface area contributed by atoms with E-state index in [1.165, 1.54) is 6.07 Å². The van der Waals surface area contributed by atoms with Crippen LogP contribution in [0.4, 0.5) is 9.18 Å². The van der Waals surface area contributed by atoms with Gasteiger partial charge in [-0.05, 0) is 25.8 Å². The van der Waals surface area contributed by atoms with E-state index in [0.29, 0.717) is 18.7 Å². The third kappa shape index (κ3) is 3.67. The SMILES string of the molecule is Cc1nc([C@@H]2CCCN(C(=O)NCc3cccc(Cl)c3F)C2)n[nH]1. The van der Waals surface area contributed by atoms with Crippen LogP contribution < -0.4 is 5.32 Å². The largest absolute Gasteiger partial charge is 0.334 e. The fourth-order valence-corrected chi connectivity index (χ4v) is 3.08. The first-order valence-corrected chi connectivity index (χ1v) is 8.27. The van der Waals surface area contributed by atoms with E-state index in [0.717, 1.165) is 24.5 Å². The van der Waals surface area contributed by atoms with Crippen LogP contribution in [0, 0.1) is 12.7 Å². The molecule has 3 rings (SSSR count). The summed E-state index contributed by atoms with van der Waals surface area (Å²) in [5, 5.41) is 9.83. The number of likely N-dealkylation sites (tertiary alicyclic amines) is 1. The number of aromatic nitrogens is 3. The molecule has 1 aromatic carbocycles. The number of urea groups is 1. The monoisotopic (exact) mass is 351 g/mol. The Kier molecular flexibility index (Phi) is 4.99. The van der Waals surface area contributed by atoms with Gasteiger partial charge in [0.05, 0.1) is 5.02 Å². The van der Waals surface area contributed by atoms with Crippen LogP contribution in [0.15, 0.2) is 18.2 Å². The standard InChI is InChI=1S/C16H19ClFN5O/c1-10-20-15(22-21-10)12-5-3-7-23(9-12)16(24)19-8-11-4-2-6-13(17)14(11)18/h2,4,6,12H,3,5,7-9H2,1H3,(H,19,24)(H,20,21,22)/t12-/m1/s1. The zero-order valence-corrected chi connectivity index (χ0v) is 14.1. The van der Waals surface area contributed by atoms with Crippen LogP contribution in [0.2, 0.25) is 5.02 Å². The lowest BCUT2D eigenvalue weighted by atomic mass is 9.98. The lowest BCUT2D eigenvalue weighted by Gasteiger charge is -2.31. The second-order valence-electron chi connectivity index (χ2n) is 5.94. The van der Waals surface area contributed by atoms with Crippen molar-refractivity contribution in [2.24, 2.45) is 0 Å². The highest BCUT2D eigenvalue weighted by Gasteiger charge is 2.27. The third-order valence-corrected chi connectivity index (χ3v) is 4.44. The van der Waals surface area contributed by atoms with Crippen molar-refractivity contribution in [2.45, 2.75) is 32.2 Å². The fourth-order valence-electron chi connectivity index (χ4n) is 2.88. The molecule has 2 amide bonds. The molecule has 2 heterocycles. The predicted molar refractivity (Wildman–Crippen MR) is 88.3 cm³/mol. The first kappa shape index (κ1) is 16.7. The number of amides is 2. The van der Waals surface area contributed by atoms with Crippen LogP contribution in [-0.4, -0.2) is 39.2 Å². The molecule has 0 aliphatic carbocycles. The molecule has 128 valence electrons. The second kappa shape index (κ2) is 7.17. The molecule has 0 bridgehead atoms. The second-order valence-corrected chi connectivity index (χ2v) is 6.34. The van der Waals surface area contributed by atoms with Crippen molar-refractivity contribution in [3.05, 3.63) is 46.3 Å². The summed E-state index contributed by atoms with van der Waals surface area (Å²) in [6, 6.07) is 4.54. The van der Waals surface area contributed by atoms with Crippen LogP contribution >= 0.6 is 11.6 Å². The van der Waals surface area contributed by atoms with E-state index in [1.807, 2.05) is 6.92 Å². The van der Waals surface area contributed by atoms with Crippen molar-refractivity contribution >= 4 is 17.6 Å². The van der Waals surface area contributed by atoms with E-state index in [2.05, 4.69) is 20.5 Å². The molecule has 1 aromatic heterocycles. The van der Waals surface area contributed by atoms with Crippen molar-refractivity contribution in [2.75, 3.05) is 13.1 Å². The number of carbonyl (C=O) groups is 1. The predicted octanol–water partition coefficient (Wildman–Crippen LogP) is 2.99. The Morgan fingerprint density at radius 1 is 1.54 bits per heavy atom. The Balaban J connectivity index is 1.59. The summed E-state index contributed by atoms with van der Waals surface area (Å²) in [6.45, 7) is 3.18. The first-order chi connectivity index (χ1) is 11.5. The number of rotatable bonds is 3. The average Bonchev–Trinajstić information content (AvgIpc) is 3.02. The molecule has 0 unspecified atom stereocenters. The van der Waals surface area contributed by atoms with E-state index in [4.69, 9.17) is 11.6 Å². The van der Waals surface area contributed by atoms with Gasteiger partial charge < -0.3 is 10.2 Å². The van der Waals surface area contributed by atoms with Crippen molar-refractivity contribution in [1.82, 2.24) is 25.4 Å². The van der Waals surface area contributed by atoms with Crippen LogP contribution in [0.3, 0.4) is 0 Å². The highest BCUT2D eigenvalue weighted by Crippen LogP contribution is 2.24. The topological polar surface area (TPSA) is 73.9 Å². The molecule has 6 nitrogen and oxygen atoms in total. The molecule has 0 spiro atoms. The minimum Gasteiger partial charge on any atom is -0.334 e. The number of piperidine rings is 1. The summed E-state index contributed by atoms with van der Waals surface area (Å²) in [4.78, 5) is 18.4. The minimum atomic E-state index is -0.493. The van der Waals surface area contributed by atoms with Gasteiger partial charge in [0, 0.05) is 31.1 Å². The molecule has 1 atom stereocenters. The van der Waals surface area contributed by atoms with Crippen molar-refractivity contribution in [3.63, 3.8) is 0 Å². The Morgan fingerprint density at radius 2 is 2.38 bits per heavy atom. The molecule has 1 aliphatic rings. The van der Waals surface area contributed by atoms with Crippen molar-refractivity contribution in [1.29, 1.82) is 0 Å². The van der Waals surface area contributed by atoms with Gasteiger partial charge in [0.15, 0.2) is 5.82 Å². The Hall–Kier alpha value is -2.15. The van der Waals surface area contributed by atoms with Gasteiger partial charge >= 0.3 is 6.03 Å². The van der Waals surface area contributed by atoms with Gasteiger partial charge in [-0.15, -0.1) is 0 Å². The summed E-state index contributed by atoms with van der Waals surface area (Å²) < 4.78 is 13.9. The minimum absolute atomic E-state index is 0.0553. The van der Waals surface area contributed by atoms with Crippen molar-refractivity contribution in [3.8, 4) is 0 Å². The lowest BCUT2D eigenvalue weighted by molar-refractivity contribution is 0.178. The number of hydrogen-bond donors (Lipinski definition) is 2. The van der Waals surface area contributed by atoms with Crippen LogP contribution in [0.1, 0.15) is 36.0 Å². The van der Waals surface area contributed by atoms with Gasteiger partial charge in [0.1, 0.15) is 11.6 Å². The maximum atomic E-state index is 13.9. The molecule has 0 radical (unpaired) electrons. The van der Waals surface area contributed by atoms with Gasteiger partial charge in [-0.1, -0.05) is 23.7 Å². The first-order valence-electron chi connectivity index (χ1n) is 7.89. The average molecular weight is 352 g/mol. The molecule has 0 saturated carbocycles. The van der Waals surface area contributed by atoms with Crippen LogP contribution in [0.25, 0.3) is 0 Å². The van der Waals surface area contributed by atoms with Gasteiger partial charge in [-0.25, -0.2) is 14.2 Å². The molecule has 24 heavy (non-hydrogen) atoms. The van der Waals surface area contributed by atoms with E-state index >= 15 is 0 Å². The summed E-state index contributed by atoms with van der Waals surface area (Å²) in [7, 11) is 0. The smallest absolute Gasteiger partial charge is 0.317 e. The van der Waals surface area contributed by atoms with Gasteiger partial charge in [-0.2, -0.15) is 5.10 Å². The fraction of sp³-hybridized carbons (Fsp3) is 0.438. The van der Waals surface area contributed by atoms with E-state index in [-0.39, 0.29) is 23.5 Å². The Bertz CT molecular complexity index is 735. The number of carbonyl (C=O) groups excluding carboxylic acids is 1. The quantitative estimate of drug-likeness (QED) is 0.892. The van der Waals surface area contributed by atoms with Gasteiger partial charge in [0.25, 0.3) is 0 Å². The third-order valence-electron chi connectivity index (χ3n) is 4.15. The number of aromatic amines is 1. The molecule has 1 saturated heterocycles. The lowest BCUT2D eigenvalue weighted by Crippen LogP contribution is -2.45. The number of benzene rings is 1. The molecule has 2 N–H and O–H groups in total. The summed E-state index contributed by atoms with van der Waals surface area (Å²) in [6.07, 6.45) is 1.83. The van der Waals surface area contributed by atoms with Crippen LogP contribution in [0.5, 0.6) is 0 Å². The summed E-state index contributed by atoms with van der Waals surface area (Å²) in [5.74, 6) is 1.14. The number of aryl methyl sites for hydroxylation is 1. The highest BCUT2D eigenvalue weighted by atomic mass is 35.5. The molecule has 1 aliphatic heterocycles. The summed E-state index contributed by atoms with van der Waals surface area (Å²) in [5.41, 5.74) is 0.369. The molecule has 2 aromatic rings. The van der Waals surface area contributed by atoms with E-state index in [1.54, 1.807) is 17.0 Å². The van der Waals surface area contributed by atoms with Crippen molar-refractivity contribution < 1.29 is 9.18 Å². The zero-order chi connectivity index (χ0) is 17.1. The molecular weight excluding hydrogens is 333 g/mol. The Morgan fingerprint density at radius 3 is 3.12 bits per heavy atom. The molecule has 8 heteroatoms. The maximum absolute atomic E-state index is 13.9. The molecular formula is C16H19ClFN5O. The molecule has 1 fully saturated rings. The highest BCUT2D eigenvalue weighted by molar-refractivity contribution is 6.30. The van der Waals surface area contributed by atoms with Gasteiger partial charge in [-0.3, -0.25) is 5.10 Å². The van der Waals surface area contributed by atoms with E-state index in [9.17, 15) is 9.18 Å². The van der Waals surface area contributed by atoms with Crippen LogP contribution in [-0.2, 0) is 6.54 Å². The number of hydrogen-bond acceptors (Lipinski definition) is 3. The maximum Gasteiger partial charge on any atom is 0.317 e.